The molecule has 2 aliphatic heterocycles. The first-order valence-electron chi connectivity index (χ1n) is 10.6. The van der Waals surface area contributed by atoms with Gasteiger partial charge in [-0.25, -0.2) is 4.99 Å². The lowest BCUT2D eigenvalue weighted by atomic mass is 10.0. The zero-order valence-corrected chi connectivity index (χ0v) is 17.1. The van der Waals surface area contributed by atoms with E-state index in [0.717, 1.165) is 39.3 Å². The predicted octanol–water partition coefficient (Wildman–Crippen LogP) is 6.33. The summed E-state index contributed by atoms with van der Waals surface area (Å²) < 4.78 is 0. The van der Waals surface area contributed by atoms with Gasteiger partial charge in [0.05, 0.1) is 34.1 Å². The fourth-order valence-corrected chi connectivity index (χ4v) is 4.63. The number of nitrogens with zero attached hydrogens (tertiary/aromatic N) is 3. The third kappa shape index (κ3) is 2.98. The average molecular weight is 417 g/mol. The second kappa shape index (κ2) is 7.17. The van der Waals surface area contributed by atoms with Gasteiger partial charge in [-0.2, -0.15) is 0 Å². The first-order valence-corrected chi connectivity index (χ1v) is 10.6. The highest BCUT2D eigenvalue weighted by Crippen LogP contribution is 2.55. The molecular formula is C27H19N3O2. The van der Waals surface area contributed by atoms with Crippen molar-refractivity contribution in [3.05, 3.63) is 124 Å². The summed E-state index contributed by atoms with van der Waals surface area (Å²) in [5.74, 6) is 0. The van der Waals surface area contributed by atoms with Crippen molar-refractivity contribution in [2.24, 2.45) is 4.99 Å². The maximum Gasteiger partial charge on any atom is 0.269 e. The number of benzene rings is 4. The highest BCUT2D eigenvalue weighted by Gasteiger charge is 2.54. The maximum atomic E-state index is 11.1. The van der Waals surface area contributed by atoms with E-state index in [-0.39, 0.29) is 22.7 Å². The molecule has 0 N–H and O–H groups in total. The van der Waals surface area contributed by atoms with Gasteiger partial charge in [-0.3, -0.25) is 10.1 Å². The standard InChI is InChI=1S/C27H19N3O2/c31-30(32)22-14-11-20(12-15-22)26-27-25(19-9-5-2-6-10-19)28-23-17-21(13-16-24(23)29(26)27)18-7-3-1-4-8-18/h1-17,26-27H. The lowest BCUT2D eigenvalue weighted by Crippen LogP contribution is -2.17. The Hall–Kier alpha value is -4.25. The molecule has 0 amide bonds. The lowest BCUT2D eigenvalue weighted by Gasteiger charge is -2.18. The Morgan fingerprint density at radius 3 is 2.03 bits per heavy atom. The van der Waals surface area contributed by atoms with Crippen LogP contribution in [0.15, 0.2) is 108 Å². The largest absolute Gasteiger partial charge is 0.349 e. The molecule has 6 rings (SSSR count). The summed E-state index contributed by atoms with van der Waals surface area (Å²) in [4.78, 5) is 18.2. The summed E-state index contributed by atoms with van der Waals surface area (Å²) in [7, 11) is 0. The Morgan fingerprint density at radius 2 is 1.38 bits per heavy atom. The Bertz CT molecular complexity index is 1350. The van der Waals surface area contributed by atoms with Crippen molar-refractivity contribution in [2.45, 2.75) is 12.1 Å². The van der Waals surface area contributed by atoms with Gasteiger partial charge in [0, 0.05) is 12.1 Å². The molecule has 2 aliphatic rings. The lowest BCUT2D eigenvalue weighted by molar-refractivity contribution is -0.384. The molecular weight excluding hydrogens is 398 g/mol. The van der Waals surface area contributed by atoms with E-state index < -0.39 is 0 Å². The van der Waals surface area contributed by atoms with Crippen LogP contribution in [-0.2, 0) is 0 Å². The highest BCUT2D eigenvalue weighted by molar-refractivity contribution is 6.14. The van der Waals surface area contributed by atoms with E-state index >= 15 is 0 Å². The number of aliphatic imine (C=N–C) groups is 1. The molecule has 1 fully saturated rings. The molecule has 0 radical (unpaired) electrons. The van der Waals surface area contributed by atoms with E-state index in [9.17, 15) is 10.1 Å². The van der Waals surface area contributed by atoms with Crippen LogP contribution < -0.4 is 4.90 Å². The maximum absolute atomic E-state index is 11.1. The summed E-state index contributed by atoms with van der Waals surface area (Å²) in [5, 5.41) is 11.1. The Kier molecular flexibility index (Phi) is 4.15. The third-order valence-electron chi connectivity index (χ3n) is 6.21. The van der Waals surface area contributed by atoms with E-state index in [0.29, 0.717) is 0 Å². The van der Waals surface area contributed by atoms with E-state index in [2.05, 4.69) is 47.4 Å². The SMILES string of the molecule is O=[N+]([O-])c1ccc(C2C3C(c4ccccc4)=Nc4cc(-c5ccccc5)ccc4N32)cc1. The van der Waals surface area contributed by atoms with Crippen molar-refractivity contribution in [3.8, 4) is 11.1 Å². The molecule has 4 aromatic rings. The molecule has 5 nitrogen and oxygen atoms in total. The number of nitro benzene ring substituents is 1. The van der Waals surface area contributed by atoms with Crippen LogP contribution in [0.25, 0.3) is 11.1 Å². The quantitative estimate of drug-likeness (QED) is 0.222. The van der Waals surface area contributed by atoms with Gasteiger partial charge in [0.2, 0.25) is 0 Å². The Morgan fingerprint density at radius 1 is 0.719 bits per heavy atom. The molecule has 0 aromatic heterocycles. The van der Waals surface area contributed by atoms with Crippen LogP contribution >= 0.6 is 0 Å². The van der Waals surface area contributed by atoms with Gasteiger partial charge in [0.15, 0.2) is 0 Å². The third-order valence-corrected chi connectivity index (χ3v) is 6.21. The number of nitro groups is 1. The van der Waals surface area contributed by atoms with Crippen LogP contribution in [0.2, 0.25) is 0 Å². The minimum absolute atomic E-state index is 0.109. The van der Waals surface area contributed by atoms with Crippen LogP contribution in [0.4, 0.5) is 17.1 Å². The monoisotopic (exact) mass is 417 g/mol. The van der Waals surface area contributed by atoms with Crippen LogP contribution in [-0.4, -0.2) is 16.7 Å². The van der Waals surface area contributed by atoms with E-state index in [4.69, 9.17) is 4.99 Å². The molecule has 2 atom stereocenters. The first-order chi connectivity index (χ1) is 15.7. The van der Waals surface area contributed by atoms with Gasteiger partial charge in [-0.05, 0) is 34.4 Å². The van der Waals surface area contributed by atoms with Crippen molar-refractivity contribution >= 4 is 22.8 Å². The van der Waals surface area contributed by atoms with E-state index in [1.807, 2.05) is 48.5 Å². The van der Waals surface area contributed by atoms with Gasteiger partial charge in [-0.15, -0.1) is 0 Å². The van der Waals surface area contributed by atoms with Gasteiger partial charge >= 0.3 is 0 Å². The molecule has 154 valence electrons. The number of hydrogen-bond donors (Lipinski definition) is 0. The Labute approximate surface area is 185 Å². The number of hydrogen-bond acceptors (Lipinski definition) is 4. The average Bonchev–Trinajstić information content (AvgIpc) is 3.60. The molecule has 32 heavy (non-hydrogen) atoms. The molecule has 5 heteroatoms. The predicted molar refractivity (Wildman–Crippen MR) is 127 cm³/mol. The molecule has 0 aliphatic carbocycles. The van der Waals surface area contributed by atoms with Crippen molar-refractivity contribution < 1.29 is 4.92 Å². The molecule has 0 saturated carbocycles. The van der Waals surface area contributed by atoms with Gasteiger partial charge < -0.3 is 4.90 Å². The number of rotatable bonds is 4. The smallest absolute Gasteiger partial charge is 0.269 e. The molecule has 0 bridgehead atoms. The second-order valence-electron chi connectivity index (χ2n) is 8.08. The second-order valence-corrected chi connectivity index (χ2v) is 8.08. The zero-order valence-electron chi connectivity index (χ0n) is 17.1. The molecule has 2 unspecified atom stereocenters. The van der Waals surface area contributed by atoms with E-state index in [1.54, 1.807) is 12.1 Å². The summed E-state index contributed by atoms with van der Waals surface area (Å²) in [6.45, 7) is 0. The Balaban J connectivity index is 1.45. The van der Waals surface area contributed by atoms with Crippen LogP contribution in [0.3, 0.4) is 0 Å². The van der Waals surface area contributed by atoms with Crippen LogP contribution in [0, 0.1) is 10.1 Å². The van der Waals surface area contributed by atoms with Crippen LogP contribution in [0.5, 0.6) is 0 Å². The molecule has 0 spiro atoms. The van der Waals surface area contributed by atoms with Gasteiger partial charge in [0.25, 0.3) is 5.69 Å². The normalized spacial score (nSPS) is 18.4. The number of anilines is 1. The van der Waals surface area contributed by atoms with Crippen LogP contribution in [0.1, 0.15) is 17.2 Å². The highest BCUT2D eigenvalue weighted by atomic mass is 16.6. The van der Waals surface area contributed by atoms with Crippen molar-refractivity contribution in [1.82, 2.24) is 0 Å². The van der Waals surface area contributed by atoms with Gasteiger partial charge in [0.1, 0.15) is 0 Å². The molecule has 1 saturated heterocycles. The topological polar surface area (TPSA) is 58.5 Å². The minimum Gasteiger partial charge on any atom is -0.349 e. The number of fused-ring (bicyclic) bond motifs is 3. The van der Waals surface area contributed by atoms with Gasteiger partial charge in [-0.1, -0.05) is 78.9 Å². The fraction of sp³-hybridized carbons (Fsp3) is 0.0741. The number of non-ortho nitro benzene ring substituents is 1. The van der Waals surface area contributed by atoms with Crippen molar-refractivity contribution in [2.75, 3.05) is 4.90 Å². The molecule has 2 heterocycles. The zero-order chi connectivity index (χ0) is 21.7. The summed E-state index contributed by atoms with van der Waals surface area (Å²) >= 11 is 0. The van der Waals surface area contributed by atoms with E-state index in [1.165, 1.54) is 0 Å². The minimum atomic E-state index is -0.360. The van der Waals surface area contributed by atoms with Crippen molar-refractivity contribution in [1.29, 1.82) is 0 Å². The van der Waals surface area contributed by atoms with Crippen molar-refractivity contribution in [3.63, 3.8) is 0 Å². The fourth-order valence-electron chi connectivity index (χ4n) is 4.63. The summed E-state index contributed by atoms with van der Waals surface area (Å²) in [5.41, 5.74) is 7.64. The first kappa shape index (κ1) is 18.5. The molecule has 4 aromatic carbocycles. The summed E-state index contributed by atoms with van der Waals surface area (Å²) in [6.07, 6.45) is 0. The summed E-state index contributed by atoms with van der Waals surface area (Å²) in [6, 6.07) is 34.1.